The van der Waals surface area contributed by atoms with Crippen molar-refractivity contribution in [2.75, 3.05) is 23.3 Å². The molecule has 2 heterocycles. The minimum atomic E-state index is 0.774. The predicted octanol–water partition coefficient (Wildman–Crippen LogP) is 1.48. The summed E-state index contributed by atoms with van der Waals surface area (Å²) in [6.45, 7) is 2.16. The molecule has 1 saturated carbocycles. The lowest BCUT2D eigenvalue weighted by molar-refractivity contribution is 0.766. The highest BCUT2D eigenvalue weighted by atomic mass is 15.3. The molecule has 0 saturated heterocycles. The molecule has 0 bridgehead atoms. The van der Waals surface area contributed by atoms with E-state index in [1.165, 1.54) is 18.5 Å². The molecule has 0 aromatic carbocycles. The Labute approximate surface area is 77.8 Å². The summed E-state index contributed by atoms with van der Waals surface area (Å²) < 4.78 is 0. The zero-order valence-electron chi connectivity index (χ0n) is 7.53. The first-order chi connectivity index (χ1) is 6.45. The Balaban J connectivity index is 2.00. The van der Waals surface area contributed by atoms with Gasteiger partial charge in [-0.25, -0.2) is 4.98 Å². The van der Waals surface area contributed by atoms with E-state index in [0.717, 1.165) is 24.9 Å². The minimum absolute atomic E-state index is 0.774. The summed E-state index contributed by atoms with van der Waals surface area (Å²) >= 11 is 0. The van der Waals surface area contributed by atoms with Crippen molar-refractivity contribution in [3.8, 4) is 0 Å². The van der Waals surface area contributed by atoms with Crippen LogP contribution < -0.4 is 10.2 Å². The predicted molar refractivity (Wildman–Crippen MR) is 53.1 cm³/mol. The Morgan fingerprint density at radius 1 is 1.46 bits per heavy atom. The molecule has 68 valence electrons. The molecular weight excluding hydrogens is 162 g/mol. The monoisotopic (exact) mass is 175 g/mol. The number of hydrogen-bond donors (Lipinski definition) is 1. The van der Waals surface area contributed by atoms with Crippen LogP contribution in [0.1, 0.15) is 12.8 Å². The Morgan fingerprint density at radius 2 is 2.38 bits per heavy atom. The molecule has 0 spiro atoms. The van der Waals surface area contributed by atoms with Gasteiger partial charge in [-0.05, 0) is 25.0 Å². The number of aromatic nitrogens is 1. The largest absolute Gasteiger partial charge is 0.380 e. The molecule has 1 N–H and O–H groups in total. The van der Waals surface area contributed by atoms with E-state index in [0.29, 0.717) is 0 Å². The summed E-state index contributed by atoms with van der Waals surface area (Å²) in [5.74, 6) is 1.15. The van der Waals surface area contributed by atoms with Crippen molar-refractivity contribution in [3.63, 3.8) is 0 Å². The molecule has 1 aliphatic heterocycles. The van der Waals surface area contributed by atoms with Crippen LogP contribution in [-0.2, 0) is 0 Å². The highest BCUT2D eigenvalue weighted by molar-refractivity contribution is 5.68. The third kappa shape index (κ3) is 1.15. The summed E-state index contributed by atoms with van der Waals surface area (Å²) in [6.07, 6.45) is 4.56. The summed E-state index contributed by atoms with van der Waals surface area (Å²) in [6, 6.07) is 4.87. The summed E-state index contributed by atoms with van der Waals surface area (Å²) in [7, 11) is 0. The van der Waals surface area contributed by atoms with Gasteiger partial charge in [0.2, 0.25) is 0 Å². The van der Waals surface area contributed by atoms with Gasteiger partial charge in [-0.3, -0.25) is 0 Å². The van der Waals surface area contributed by atoms with Crippen LogP contribution >= 0.6 is 0 Å². The van der Waals surface area contributed by atoms with Crippen LogP contribution in [0, 0.1) is 0 Å². The second-order valence-corrected chi connectivity index (χ2v) is 3.73. The first-order valence-electron chi connectivity index (χ1n) is 4.91. The molecule has 2 aliphatic rings. The quantitative estimate of drug-likeness (QED) is 0.700. The highest BCUT2D eigenvalue weighted by Crippen LogP contribution is 2.35. The lowest BCUT2D eigenvalue weighted by Gasteiger charge is -2.30. The maximum atomic E-state index is 4.43. The molecule has 3 rings (SSSR count). The first kappa shape index (κ1) is 7.18. The van der Waals surface area contributed by atoms with Gasteiger partial charge < -0.3 is 10.2 Å². The normalized spacial score (nSPS) is 20.8. The Kier molecular flexibility index (Phi) is 1.45. The number of anilines is 2. The van der Waals surface area contributed by atoms with E-state index in [-0.39, 0.29) is 0 Å². The van der Waals surface area contributed by atoms with Gasteiger partial charge in [0.15, 0.2) is 5.82 Å². The van der Waals surface area contributed by atoms with Gasteiger partial charge in [0.25, 0.3) is 0 Å². The molecule has 13 heavy (non-hydrogen) atoms. The molecule has 3 heteroatoms. The fourth-order valence-corrected chi connectivity index (χ4v) is 1.92. The molecule has 0 unspecified atom stereocenters. The zero-order chi connectivity index (χ0) is 8.67. The smallest absolute Gasteiger partial charge is 0.152 e. The number of nitrogens with one attached hydrogen (secondary N) is 1. The van der Waals surface area contributed by atoms with Crippen molar-refractivity contribution in [1.29, 1.82) is 0 Å². The molecule has 1 aromatic rings. The fourth-order valence-electron chi connectivity index (χ4n) is 1.92. The average Bonchev–Trinajstić information content (AvgIpc) is 3.00. The van der Waals surface area contributed by atoms with E-state index in [1.807, 2.05) is 12.3 Å². The number of rotatable bonds is 1. The Bertz CT molecular complexity index is 320. The van der Waals surface area contributed by atoms with E-state index in [1.54, 1.807) is 0 Å². The van der Waals surface area contributed by atoms with Gasteiger partial charge in [-0.1, -0.05) is 0 Å². The minimum Gasteiger partial charge on any atom is -0.380 e. The van der Waals surface area contributed by atoms with Crippen LogP contribution in [0.3, 0.4) is 0 Å². The number of nitrogens with zero attached hydrogens (tertiary/aromatic N) is 2. The van der Waals surface area contributed by atoms with Crippen LogP contribution in [0.5, 0.6) is 0 Å². The number of pyridine rings is 1. The van der Waals surface area contributed by atoms with Gasteiger partial charge >= 0.3 is 0 Å². The van der Waals surface area contributed by atoms with Gasteiger partial charge in [-0.15, -0.1) is 0 Å². The lowest BCUT2D eigenvalue weighted by atomic mass is 10.3. The Morgan fingerprint density at radius 3 is 3.23 bits per heavy atom. The van der Waals surface area contributed by atoms with Crippen molar-refractivity contribution in [2.24, 2.45) is 0 Å². The van der Waals surface area contributed by atoms with Crippen LogP contribution in [0.2, 0.25) is 0 Å². The molecule has 0 radical (unpaired) electrons. The van der Waals surface area contributed by atoms with Gasteiger partial charge in [0.05, 0.1) is 5.69 Å². The van der Waals surface area contributed by atoms with Crippen LogP contribution in [0.25, 0.3) is 0 Å². The van der Waals surface area contributed by atoms with E-state index in [2.05, 4.69) is 21.3 Å². The second-order valence-electron chi connectivity index (χ2n) is 3.73. The highest BCUT2D eigenvalue weighted by Gasteiger charge is 2.32. The molecule has 3 nitrogen and oxygen atoms in total. The molecule has 1 fully saturated rings. The van der Waals surface area contributed by atoms with Crippen molar-refractivity contribution in [3.05, 3.63) is 18.3 Å². The van der Waals surface area contributed by atoms with Gasteiger partial charge in [-0.2, -0.15) is 0 Å². The summed E-state index contributed by atoms with van der Waals surface area (Å²) in [4.78, 5) is 6.86. The number of hydrogen-bond acceptors (Lipinski definition) is 3. The van der Waals surface area contributed by atoms with Gasteiger partial charge in [0, 0.05) is 25.3 Å². The summed E-state index contributed by atoms with van der Waals surface area (Å²) in [5, 5.41) is 3.37. The zero-order valence-corrected chi connectivity index (χ0v) is 7.53. The molecule has 0 amide bonds. The second kappa shape index (κ2) is 2.62. The maximum absolute atomic E-state index is 4.43. The fraction of sp³-hybridized carbons (Fsp3) is 0.500. The third-order valence-electron chi connectivity index (χ3n) is 2.71. The summed E-state index contributed by atoms with van der Waals surface area (Å²) in [5.41, 5.74) is 1.20. The van der Waals surface area contributed by atoms with Crippen LogP contribution in [0.15, 0.2) is 18.3 Å². The van der Waals surface area contributed by atoms with Crippen molar-refractivity contribution >= 4 is 11.5 Å². The molecule has 1 aromatic heterocycles. The molecule has 0 atom stereocenters. The Hall–Kier alpha value is -1.25. The van der Waals surface area contributed by atoms with Crippen LogP contribution in [-0.4, -0.2) is 24.1 Å². The van der Waals surface area contributed by atoms with Crippen LogP contribution in [0.4, 0.5) is 11.5 Å². The number of fused-ring (bicyclic) bond motifs is 1. The third-order valence-corrected chi connectivity index (χ3v) is 2.71. The van der Waals surface area contributed by atoms with Crippen molar-refractivity contribution in [1.82, 2.24) is 4.98 Å². The van der Waals surface area contributed by atoms with E-state index in [9.17, 15) is 0 Å². The van der Waals surface area contributed by atoms with Gasteiger partial charge in [0.1, 0.15) is 0 Å². The topological polar surface area (TPSA) is 28.2 Å². The standard InChI is InChI=1S/C10H13N3/c1-2-9-10(12-5-1)13(7-6-11-9)8-3-4-8/h1-2,5,8,11H,3-4,6-7H2. The van der Waals surface area contributed by atoms with E-state index in [4.69, 9.17) is 0 Å². The first-order valence-corrected chi connectivity index (χ1v) is 4.91. The maximum Gasteiger partial charge on any atom is 0.152 e. The SMILES string of the molecule is c1cnc2c(c1)NCCN2C1CC1. The van der Waals surface area contributed by atoms with Crippen molar-refractivity contribution in [2.45, 2.75) is 18.9 Å². The lowest BCUT2D eigenvalue weighted by Crippen LogP contribution is -2.36. The van der Waals surface area contributed by atoms with E-state index >= 15 is 0 Å². The average molecular weight is 175 g/mol. The molecule has 1 aliphatic carbocycles. The molecular formula is C10H13N3. The van der Waals surface area contributed by atoms with E-state index < -0.39 is 0 Å². The van der Waals surface area contributed by atoms with Crippen molar-refractivity contribution < 1.29 is 0 Å².